The summed E-state index contributed by atoms with van der Waals surface area (Å²) in [5, 5.41) is 18.3. The average Bonchev–Trinajstić information content (AvgIpc) is 3.33. The van der Waals surface area contributed by atoms with Crippen molar-refractivity contribution in [3.8, 4) is 17.2 Å². The lowest BCUT2D eigenvalue weighted by Gasteiger charge is -1.99. The molecule has 0 saturated carbocycles. The summed E-state index contributed by atoms with van der Waals surface area (Å²) < 4.78 is 0.913. The van der Waals surface area contributed by atoms with Crippen molar-refractivity contribution in [3.05, 3.63) is 108 Å². The van der Waals surface area contributed by atoms with Crippen LogP contribution in [0, 0.1) is 11.3 Å². The van der Waals surface area contributed by atoms with E-state index in [9.17, 15) is 10.1 Å². The van der Waals surface area contributed by atoms with Gasteiger partial charge in [-0.1, -0.05) is 60.1 Å². The van der Waals surface area contributed by atoms with E-state index in [2.05, 4.69) is 27.3 Å². The maximum atomic E-state index is 12.9. The number of nitrogens with one attached hydrogen (secondary N) is 1. The molecule has 1 heterocycles. The third kappa shape index (κ3) is 3.40. The molecular weight excluding hydrogens is 428 g/mol. The molecule has 0 radical (unpaired) electrons. The summed E-state index contributed by atoms with van der Waals surface area (Å²) in [6, 6.07) is 24.8. The van der Waals surface area contributed by atoms with Crippen molar-refractivity contribution in [1.82, 2.24) is 4.98 Å². The summed E-state index contributed by atoms with van der Waals surface area (Å²) in [7, 11) is 0. The van der Waals surface area contributed by atoms with Crippen LogP contribution in [-0.4, -0.2) is 4.98 Å². The van der Waals surface area contributed by atoms with Gasteiger partial charge in [0.2, 0.25) is 0 Å². The maximum Gasteiger partial charge on any atom is 0.267 e. The van der Waals surface area contributed by atoms with Crippen LogP contribution in [0.2, 0.25) is 5.02 Å². The predicted molar refractivity (Wildman–Crippen MR) is 123 cm³/mol. The van der Waals surface area contributed by atoms with E-state index in [4.69, 9.17) is 11.6 Å². The van der Waals surface area contributed by atoms with Crippen molar-refractivity contribution in [1.29, 1.82) is 5.26 Å². The van der Waals surface area contributed by atoms with Crippen LogP contribution < -0.4 is 14.8 Å². The molecule has 3 aromatic carbocycles. The van der Waals surface area contributed by atoms with Gasteiger partial charge in [0, 0.05) is 10.6 Å². The Morgan fingerprint density at radius 2 is 1.48 bits per heavy atom. The first-order chi connectivity index (χ1) is 15.2. The Kier molecular flexibility index (Phi) is 4.83. The van der Waals surface area contributed by atoms with E-state index in [0.717, 1.165) is 27.8 Å². The third-order valence-electron chi connectivity index (χ3n) is 4.96. The van der Waals surface area contributed by atoms with Crippen LogP contribution in [0.15, 0.2) is 87.8 Å². The zero-order chi connectivity index (χ0) is 21.4. The van der Waals surface area contributed by atoms with E-state index in [0.29, 0.717) is 19.9 Å². The molecule has 0 atom stereocenters. The van der Waals surface area contributed by atoms with E-state index in [1.165, 1.54) is 11.3 Å². The van der Waals surface area contributed by atoms with Crippen LogP contribution in [0.3, 0.4) is 0 Å². The Bertz CT molecular complexity index is 1530. The molecule has 1 aromatic heterocycles. The molecule has 31 heavy (non-hydrogen) atoms. The van der Waals surface area contributed by atoms with Crippen molar-refractivity contribution in [3.63, 3.8) is 0 Å². The number of H-pyrrole nitrogens is 1. The Morgan fingerprint density at radius 1 is 0.903 bits per heavy atom. The van der Waals surface area contributed by atoms with Gasteiger partial charge in [-0.15, -0.1) is 21.6 Å². The molecule has 1 aliphatic rings. The number of fused-ring (bicyclic) bond motifs is 3. The number of halogens is 1. The SMILES string of the molecule is N#C/C(N=Nc1ccc(Cl)cc1)=c1/[nH]c(=O)c(=C2c3ccccc3-c3ccccc32)s1. The van der Waals surface area contributed by atoms with Crippen molar-refractivity contribution in [2.75, 3.05) is 0 Å². The molecule has 0 aliphatic heterocycles. The van der Waals surface area contributed by atoms with Crippen LogP contribution in [0.1, 0.15) is 11.1 Å². The third-order valence-corrected chi connectivity index (χ3v) is 6.31. The zero-order valence-electron chi connectivity index (χ0n) is 16.0. The first-order valence-electron chi connectivity index (χ1n) is 9.40. The fourth-order valence-electron chi connectivity index (χ4n) is 3.60. The topological polar surface area (TPSA) is 81.4 Å². The lowest BCUT2D eigenvalue weighted by Crippen LogP contribution is -2.23. The second-order valence-corrected chi connectivity index (χ2v) is 8.27. The van der Waals surface area contributed by atoms with E-state index < -0.39 is 0 Å². The van der Waals surface area contributed by atoms with Gasteiger partial charge in [0.15, 0.2) is 5.70 Å². The Labute approximate surface area is 185 Å². The molecule has 0 saturated heterocycles. The fraction of sp³-hybridized carbons (Fsp3) is 0. The summed E-state index contributed by atoms with van der Waals surface area (Å²) in [5.74, 6) is 0. The van der Waals surface area contributed by atoms with E-state index in [-0.39, 0.29) is 11.3 Å². The van der Waals surface area contributed by atoms with E-state index >= 15 is 0 Å². The molecule has 0 unspecified atom stereocenters. The molecule has 148 valence electrons. The second kappa shape index (κ2) is 7.80. The Balaban J connectivity index is 1.73. The smallest absolute Gasteiger partial charge is 0.267 e. The summed E-state index contributed by atoms with van der Waals surface area (Å²) in [4.78, 5) is 15.7. The monoisotopic (exact) mass is 440 g/mol. The standard InChI is InChI=1S/C24H13ClN4OS/c25-14-9-11-15(12-10-14)28-29-20(13-26)24-27-23(30)22(31-24)21-18-7-3-1-5-16(18)17-6-2-4-8-19(17)21/h1-12H,(H,27,30)/b24-20+,29-28?. The van der Waals surface area contributed by atoms with Gasteiger partial charge in [0.25, 0.3) is 5.56 Å². The van der Waals surface area contributed by atoms with Gasteiger partial charge in [-0.2, -0.15) is 5.26 Å². The molecule has 0 fully saturated rings. The highest BCUT2D eigenvalue weighted by Gasteiger charge is 2.24. The molecular formula is C24H13ClN4OS. The number of aromatic nitrogens is 1. The van der Waals surface area contributed by atoms with Crippen LogP contribution >= 0.6 is 22.9 Å². The maximum absolute atomic E-state index is 12.9. The first kappa shape index (κ1) is 19.2. The number of nitrogens with zero attached hydrogens (tertiary/aromatic N) is 3. The number of benzene rings is 3. The van der Waals surface area contributed by atoms with Gasteiger partial charge in [-0.3, -0.25) is 4.79 Å². The molecule has 1 aliphatic carbocycles. The highest BCUT2D eigenvalue weighted by molar-refractivity contribution is 7.07. The second-order valence-electron chi connectivity index (χ2n) is 6.82. The van der Waals surface area contributed by atoms with Gasteiger partial charge in [0.1, 0.15) is 15.3 Å². The van der Waals surface area contributed by atoms with Crippen LogP contribution in [0.25, 0.3) is 22.4 Å². The predicted octanol–water partition coefficient (Wildman–Crippen LogP) is 4.73. The first-order valence-corrected chi connectivity index (χ1v) is 10.6. The molecule has 0 spiro atoms. The highest BCUT2D eigenvalue weighted by Crippen LogP contribution is 2.42. The minimum Gasteiger partial charge on any atom is -0.310 e. The van der Waals surface area contributed by atoms with Crippen LogP contribution in [-0.2, 0) is 0 Å². The van der Waals surface area contributed by atoms with E-state index in [1.54, 1.807) is 24.3 Å². The van der Waals surface area contributed by atoms with Gasteiger partial charge in [-0.25, -0.2) is 0 Å². The van der Waals surface area contributed by atoms with Crippen molar-refractivity contribution in [2.24, 2.45) is 10.2 Å². The number of hydrogen-bond acceptors (Lipinski definition) is 5. The number of hydrogen-bond donors (Lipinski definition) is 1. The molecule has 4 aromatic rings. The zero-order valence-corrected chi connectivity index (χ0v) is 17.5. The Hall–Kier alpha value is -3.79. The average molecular weight is 441 g/mol. The highest BCUT2D eigenvalue weighted by atomic mass is 35.5. The summed E-state index contributed by atoms with van der Waals surface area (Å²) in [5.41, 5.74) is 5.41. The number of aromatic amines is 1. The van der Waals surface area contributed by atoms with Crippen molar-refractivity contribution in [2.45, 2.75) is 0 Å². The lowest BCUT2D eigenvalue weighted by atomic mass is 10.1. The van der Waals surface area contributed by atoms with E-state index in [1.807, 2.05) is 42.5 Å². The molecule has 7 heteroatoms. The number of thiazole rings is 1. The normalized spacial score (nSPS) is 13.1. The molecule has 1 N–H and O–H groups in total. The van der Waals surface area contributed by atoms with Crippen molar-refractivity contribution >= 4 is 39.9 Å². The minimum absolute atomic E-state index is 0.0449. The number of azo groups is 1. The number of nitriles is 1. The molecule has 5 nitrogen and oxygen atoms in total. The fourth-order valence-corrected chi connectivity index (χ4v) is 4.72. The molecule has 5 rings (SSSR count). The quantitative estimate of drug-likeness (QED) is 0.402. The summed E-state index contributed by atoms with van der Waals surface area (Å²) >= 11 is 7.10. The summed E-state index contributed by atoms with van der Waals surface area (Å²) in [6.07, 6.45) is 0. The van der Waals surface area contributed by atoms with Gasteiger partial charge >= 0.3 is 0 Å². The molecule has 0 amide bonds. The van der Waals surface area contributed by atoms with Crippen LogP contribution in [0.4, 0.5) is 5.69 Å². The number of rotatable bonds is 2. The van der Waals surface area contributed by atoms with Crippen molar-refractivity contribution < 1.29 is 0 Å². The minimum atomic E-state index is -0.254. The van der Waals surface area contributed by atoms with Gasteiger partial charge in [0.05, 0.1) is 5.69 Å². The van der Waals surface area contributed by atoms with Gasteiger partial charge < -0.3 is 4.98 Å². The summed E-state index contributed by atoms with van der Waals surface area (Å²) in [6.45, 7) is 0. The molecule has 0 bridgehead atoms. The Morgan fingerprint density at radius 3 is 2.06 bits per heavy atom. The van der Waals surface area contributed by atoms with Crippen LogP contribution in [0.5, 0.6) is 0 Å². The largest absolute Gasteiger partial charge is 0.310 e. The lowest BCUT2D eigenvalue weighted by molar-refractivity contribution is 1.19. The van der Waals surface area contributed by atoms with Gasteiger partial charge in [-0.05, 0) is 46.5 Å².